The molecule has 3 N–H and O–H groups in total. The van der Waals surface area contributed by atoms with Crippen molar-refractivity contribution in [3.63, 3.8) is 0 Å². The van der Waals surface area contributed by atoms with Crippen LogP contribution < -0.4 is 5.73 Å². The van der Waals surface area contributed by atoms with Gasteiger partial charge in [-0.1, -0.05) is 29.8 Å². The maximum atomic E-state index is 13.0. The molecule has 1 aliphatic heterocycles. The van der Waals surface area contributed by atoms with Gasteiger partial charge in [-0.05, 0) is 61.1 Å². The van der Waals surface area contributed by atoms with Gasteiger partial charge in [0.2, 0.25) is 0 Å². The van der Waals surface area contributed by atoms with E-state index >= 15 is 0 Å². The van der Waals surface area contributed by atoms with Gasteiger partial charge in [-0.3, -0.25) is 4.79 Å². The minimum Gasteiger partial charge on any atom is -0.397 e. The highest BCUT2D eigenvalue weighted by Gasteiger charge is 2.25. The molecule has 1 heterocycles. The Balaban J connectivity index is 1.72. The number of nitriles is 1. The van der Waals surface area contributed by atoms with E-state index in [-0.39, 0.29) is 10.9 Å². The molecule has 1 aliphatic rings. The summed E-state index contributed by atoms with van der Waals surface area (Å²) >= 11 is 5.99. The van der Waals surface area contributed by atoms with Gasteiger partial charge < -0.3 is 16.0 Å². The second kappa shape index (κ2) is 8.93. The fraction of sp³-hybridized carbons (Fsp3) is 0.261. The van der Waals surface area contributed by atoms with Gasteiger partial charge in [0, 0.05) is 30.4 Å². The predicted molar refractivity (Wildman–Crippen MR) is 116 cm³/mol. The van der Waals surface area contributed by atoms with Gasteiger partial charge in [0.05, 0.1) is 22.4 Å². The van der Waals surface area contributed by atoms with Crippen LogP contribution in [0.5, 0.6) is 0 Å². The van der Waals surface area contributed by atoms with Gasteiger partial charge in [-0.2, -0.15) is 5.26 Å². The summed E-state index contributed by atoms with van der Waals surface area (Å²) in [6.45, 7) is 3.26. The number of likely N-dealkylation sites (tertiary alicyclic amines) is 1. The zero-order valence-electron chi connectivity index (χ0n) is 16.3. The maximum Gasteiger partial charge on any atom is 0.253 e. The van der Waals surface area contributed by atoms with Crippen LogP contribution in [0, 0.1) is 23.7 Å². The average molecular weight is 407 g/mol. The summed E-state index contributed by atoms with van der Waals surface area (Å²) < 4.78 is 0. The molecule has 0 unspecified atom stereocenters. The molecule has 0 radical (unpaired) electrons. The number of nitrogens with two attached hydrogens (primary N) is 1. The molecule has 1 saturated heterocycles. The molecular weight excluding hydrogens is 384 g/mol. The van der Waals surface area contributed by atoms with Crippen molar-refractivity contribution in [2.45, 2.75) is 25.7 Å². The molecule has 0 spiro atoms. The van der Waals surface area contributed by atoms with E-state index in [4.69, 9.17) is 28.0 Å². The second-order valence-corrected chi connectivity index (χ2v) is 7.64. The summed E-state index contributed by atoms with van der Waals surface area (Å²) in [7, 11) is 0. The number of nitrogens with zero attached hydrogens (tertiary/aromatic N) is 2. The predicted octanol–water partition coefficient (Wildman–Crippen LogP) is 4.40. The number of benzene rings is 2. The van der Waals surface area contributed by atoms with E-state index in [2.05, 4.69) is 6.07 Å². The van der Waals surface area contributed by atoms with Crippen LogP contribution in [-0.2, 0) is 0 Å². The zero-order valence-corrected chi connectivity index (χ0v) is 17.0. The Kier molecular flexibility index (Phi) is 6.36. The molecule has 148 valence electrons. The number of halogens is 1. The van der Waals surface area contributed by atoms with Crippen molar-refractivity contribution in [3.05, 3.63) is 75.3 Å². The monoisotopic (exact) mass is 406 g/mol. The van der Waals surface area contributed by atoms with Crippen LogP contribution in [0.3, 0.4) is 0 Å². The first-order valence-electron chi connectivity index (χ1n) is 9.50. The van der Waals surface area contributed by atoms with Crippen LogP contribution in [0.1, 0.15) is 51.4 Å². The van der Waals surface area contributed by atoms with Crippen molar-refractivity contribution >= 4 is 29.4 Å². The maximum absolute atomic E-state index is 13.0. The summed E-state index contributed by atoms with van der Waals surface area (Å²) in [6, 6.07) is 15.3. The number of amides is 1. The van der Waals surface area contributed by atoms with Gasteiger partial charge in [0.25, 0.3) is 5.91 Å². The Morgan fingerprint density at radius 1 is 1.24 bits per heavy atom. The standard InChI is InChI=1S/C23H23ClN4O/c1-15-2-5-19(12-20(15)22(27)21(24)14-26)23(29)28-10-8-18(9-11-28)17-6-3-16(13-25)4-7-17/h2-7,12,14,18,26H,8-11,27H2,1H3/b22-21+,26-14?. The number of allylic oxidation sites excluding steroid dienone is 1. The lowest BCUT2D eigenvalue weighted by Crippen LogP contribution is -2.38. The Labute approximate surface area is 175 Å². The average Bonchev–Trinajstić information content (AvgIpc) is 2.78. The highest BCUT2D eigenvalue weighted by Crippen LogP contribution is 2.29. The van der Waals surface area contributed by atoms with Crippen LogP contribution in [0.15, 0.2) is 47.5 Å². The zero-order chi connectivity index (χ0) is 21.0. The first-order valence-corrected chi connectivity index (χ1v) is 9.88. The largest absolute Gasteiger partial charge is 0.397 e. The molecule has 29 heavy (non-hydrogen) atoms. The third-order valence-electron chi connectivity index (χ3n) is 5.45. The number of nitrogens with one attached hydrogen (secondary N) is 1. The lowest BCUT2D eigenvalue weighted by atomic mass is 9.88. The highest BCUT2D eigenvalue weighted by atomic mass is 35.5. The minimum atomic E-state index is -0.0247. The number of hydrogen-bond acceptors (Lipinski definition) is 4. The molecule has 1 fully saturated rings. The van der Waals surface area contributed by atoms with Gasteiger partial charge in [-0.15, -0.1) is 0 Å². The molecule has 0 atom stereocenters. The van der Waals surface area contributed by atoms with Crippen molar-refractivity contribution < 1.29 is 4.79 Å². The van der Waals surface area contributed by atoms with E-state index in [0.717, 1.165) is 24.6 Å². The first-order chi connectivity index (χ1) is 13.9. The Bertz CT molecular complexity index is 997. The SMILES string of the molecule is Cc1ccc(C(=O)N2CCC(c3ccc(C#N)cc3)CC2)cc1/C(N)=C(\Cl)C=N. The number of aryl methyl sites for hydroxylation is 1. The van der Waals surface area contributed by atoms with E-state index < -0.39 is 0 Å². The molecule has 0 saturated carbocycles. The summed E-state index contributed by atoms with van der Waals surface area (Å²) in [6.07, 6.45) is 2.77. The molecule has 0 aromatic heterocycles. The Hall–Kier alpha value is -3.10. The summed E-state index contributed by atoms with van der Waals surface area (Å²) in [5.74, 6) is 0.369. The molecule has 2 aromatic rings. The normalized spacial score (nSPS) is 15.4. The lowest BCUT2D eigenvalue weighted by molar-refractivity contribution is 0.0713. The van der Waals surface area contributed by atoms with Gasteiger partial charge in [0.15, 0.2) is 0 Å². The van der Waals surface area contributed by atoms with E-state index in [1.54, 1.807) is 12.1 Å². The van der Waals surface area contributed by atoms with Crippen LogP contribution in [0.2, 0.25) is 0 Å². The third-order valence-corrected chi connectivity index (χ3v) is 5.76. The highest BCUT2D eigenvalue weighted by molar-refractivity contribution is 6.42. The minimum absolute atomic E-state index is 0.0247. The van der Waals surface area contributed by atoms with E-state index in [0.29, 0.717) is 41.4 Å². The van der Waals surface area contributed by atoms with Crippen molar-refractivity contribution in [1.82, 2.24) is 4.90 Å². The van der Waals surface area contributed by atoms with Gasteiger partial charge in [0.1, 0.15) is 0 Å². The summed E-state index contributed by atoms with van der Waals surface area (Å²) in [5.41, 5.74) is 10.4. The number of rotatable bonds is 4. The topological polar surface area (TPSA) is 94.0 Å². The van der Waals surface area contributed by atoms with Gasteiger partial charge >= 0.3 is 0 Å². The van der Waals surface area contributed by atoms with Crippen molar-refractivity contribution in [2.24, 2.45) is 5.73 Å². The van der Waals surface area contributed by atoms with E-state index in [1.165, 1.54) is 5.56 Å². The second-order valence-electron chi connectivity index (χ2n) is 7.24. The van der Waals surface area contributed by atoms with Crippen molar-refractivity contribution in [2.75, 3.05) is 13.1 Å². The van der Waals surface area contributed by atoms with Crippen molar-refractivity contribution in [3.8, 4) is 6.07 Å². The van der Waals surface area contributed by atoms with Gasteiger partial charge in [-0.25, -0.2) is 0 Å². The molecule has 3 rings (SSSR count). The fourth-order valence-electron chi connectivity index (χ4n) is 3.68. The third kappa shape index (κ3) is 4.49. The Morgan fingerprint density at radius 3 is 2.48 bits per heavy atom. The number of carbonyl (C=O) groups excluding carboxylic acids is 1. The summed E-state index contributed by atoms with van der Waals surface area (Å²) in [4.78, 5) is 14.9. The number of piperidine rings is 1. The fourth-order valence-corrected chi connectivity index (χ4v) is 3.78. The van der Waals surface area contributed by atoms with Crippen LogP contribution in [0.4, 0.5) is 0 Å². The molecular formula is C23H23ClN4O. The van der Waals surface area contributed by atoms with Crippen LogP contribution in [-0.4, -0.2) is 30.1 Å². The van der Waals surface area contributed by atoms with E-state index in [9.17, 15) is 4.79 Å². The Morgan fingerprint density at radius 2 is 1.90 bits per heavy atom. The quantitative estimate of drug-likeness (QED) is 0.736. The number of carbonyl (C=O) groups is 1. The van der Waals surface area contributed by atoms with Crippen molar-refractivity contribution in [1.29, 1.82) is 10.7 Å². The van der Waals surface area contributed by atoms with Crippen LogP contribution >= 0.6 is 11.6 Å². The molecule has 6 heteroatoms. The number of hydrogen-bond donors (Lipinski definition) is 2. The molecule has 0 bridgehead atoms. The smallest absolute Gasteiger partial charge is 0.253 e. The molecule has 0 aliphatic carbocycles. The molecule has 5 nitrogen and oxygen atoms in total. The molecule has 1 amide bonds. The first kappa shape index (κ1) is 20.6. The molecule has 2 aromatic carbocycles. The van der Waals surface area contributed by atoms with Crippen LogP contribution in [0.25, 0.3) is 5.70 Å². The summed E-state index contributed by atoms with van der Waals surface area (Å²) in [5, 5.41) is 16.4. The van der Waals surface area contributed by atoms with E-state index in [1.807, 2.05) is 42.2 Å². The lowest BCUT2D eigenvalue weighted by Gasteiger charge is -2.32.